The Labute approximate surface area is 150 Å². The molecule has 2 N–H and O–H groups in total. The third kappa shape index (κ3) is 2.99. The van der Waals surface area contributed by atoms with Crippen molar-refractivity contribution in [3.05, 3.63) is 48.3 Å². The lowest BCUT2D eigenvalue weighted by Gasteiger charge is -2.29. The van der Waals surface area contributed by atoms with Crippen LogP contribution in [0.15, 0.2) is 42.6 Å². The molecule has 4 rings (SSSR count). The third-order valence-corrected chi connectivity index (χ3v) is 4.35. The third-order valence-electron chi connectivity index (χ3n) is 4.35. The van der Waals surface area contributed by atoms with Crippen molar-refractivity contribution in [1.82, 2.24) is 9.97 Å². The van der Waals surface area contributed by atoms with Crippen molar-refractivity contribution in [1.29, 1.82) is 0 Å². The van der Waals surface area contributed by atoms with E-state index in [9.17, 15) is 4.79 Å². The first kappa shape index (κ1) is 16.1. The van der Waals surface area contributed by atoms with Gasteiger partial charge in [0.1, 0.15) is 13.2 Å². The molecule has 3 heterocycles. The van der Waals surface area contributed by atoms with Crippen LogP contribution in [0, 0.1) is 0 Å². The van der Waals surface area contributed by atoms with E-state index in [2.05, 4.69) is 16.9 Å². The number of likely N-dealkylation sites (N-methyl/N-ethyl adjacent to an activating group) is 1. The van der Waals surface area contributed by atoms with E-state index in [1.807, 2.05) is 30.3 Å². The molecule has 0 fully saturated rings. The summed E-state index contributed by atoms with van der Waals surface area (Å²) in [5.41, 5.74) is 9.18. The fraction of sp³-hybridized carbons (Fsp3) is 0.211. The predicted octanol–water partition coefficient (Wildman–Crippen LogP) is 2.72. The minimum atomic E-state index is -0.828. The van der Waals surface area contributed by atoms with E-state index in [1.165, 1.54) is 0 Å². The lowest BCUT2D eigenvalue weighted by molar-refractivity contribution is 0.149. The number of carbonyl (C=O) groups is 1. The van der Waals surface area contributed by atoms with Gasteiger partial charge in [-0.05, 0) is 30.3 Å². The molecule has 0 saturated heterocycles. The van der Waals surface area contributed by atoms with Crippen molar-refractivity contribution in [3.8, 4) is 17.0 Å². The molecular weight excluding hydrogens is 332 g/mol. The van der Waals surface area contributed by atoms with Crippen LogP contribution in [0.25, 0.3) is 22.2 Å². The van der Waals surface area contributed by atoms with E-state index in [0.717, 1.165) is 40.1 Å². The fourth-order valence-electron chi connectivity index (χ4n) is 3.02. The van der Waals surface area contributed by atoms with E-state index >= 15 is 0 Å². The van der Waals surface area contributed by atoms with Gasteiger partial charge in [-0.1, -0.05) is 6.07 Å². The molecule has 7 heteroatoms. The van der Waals surface area contributed by atoms with Crippen molar-refractivity contribution >= 4 is 22.7 Å². The van der Waals surface area contributed by atoms with Crippen molar-refractivity contribution < 1.29 is 14.3 Å². The molecule has 0 bridgehead atoms. The van der Waals surface area contributed by atoms with E-state index < -0.39 is 6.09 Å². The Morgan fingerprint density at radius 3 is 3.08 bits per heavy atom. The molecule has 1 aromatic carbocycles. The highest BCUT2D eigenvalue weighted by Crippen LogP contribution is 2.39. The number of benzene rings is 1. The first-order chi connectivity index (χ1) is 12.6. The number of pyridine rings is 2. The molecule has 0 aliphatic carbocycles. The maximum atomic E-state index is 10.8. The van der Waals surface area contributed by atoms with Crippen LogP contribution in [-0.4, -0.2) is 36.3 Å². The average molecular weight is 350 g/mol. The predicted molar refractivity (Wildman–Crippen MR) is 98.1 cm³/mol. The number of carbonyl (C=O) groups excluding carboxylic acids is 1. The fourth-order valence-corrected chi connectivity index (χ4v) is 3.02. The summed E-state index contributed by atoms with van der Waals surface area (Å²) in [7, 11) is 2.05. The van der Waals surface area contributed by atoms with E-state index in [0.29, 0.717) is 12.3 Å². The number of anilines is 1. The normalized spacial score (nSPS) is 13.2. The highest BCUT2D eigenvalue weighted by Gasteiger charge is 2.19. The van der Waals surface area contributed by atoms with Gasteiger partial charge in [0.2, 0.25) is 0 Å². The summed E-state index contributed by atoms with van der Waals surface area (Å²) in [6, 6.07) is 11.8. The Morgan fingerprint density at radius 2 is 2.23 bits per heavy atom. The smallest absolute Gasteiger partial charge is 0.404 e. The summed E-state index contributed by atoms with van der Waals surface area (Å²) in [6.45, 7) is 1.52. The first-order valence-corrected chi connectivity index (χ1v) is 8.27. The van der Waals surface area contributed by atoms with E-state index in [-0.39, 0.29) is 6.61 Å². The summed E-state index contributed by atoms with van der Waals surface area (Å²) in [5.74, 6) is 0.847. The molecule has 1 amide bonds. The summed E-state index contributed by atoms with van der Waals surface area (Å²) in [5, 5.41) is 0.902. The average Bonchev–Trinajstić information content (AvgIpc) is 2.65. The van der Waals surface area contributed by atoms with E-state index in [1.54, 1.807) is 12.3 Å². The molecule has 0 spiro atoms. The second-order valence-electron chi connectivity index (χ2n) is 6.10. The summed E-state index contributed by atoms with van der Waals surface area (Å²) in [4.78, 5) is 22.0. The molecule has 132 valence electrons. The van der Waals surface area contributed by atoms with Gasteiger partial charge in [-0.2, -0.15) is 0 Å². The molecule has 26 heavy (non-hydrogen) atoms. The zero-order chi connectivity index (χ0) is 18.1. The Hall–Kier alpha value is -3.35. The number of primary amides is 1. The van der Waals surface area contributed by atoms with Gasteiger partial charge >= 0.3 is 6.09 Å². The molecule has 0 atom stereocenters. The maximum Gasteiger partial charge on any atom is 0.404 e. The molecule has 7 nitrogen and oxygen atoms in total. The SMILES string of the molecule is CN1CCOc2c(-c3ccc4cnc(COC(N)=O)cc4n3)cccc21. The Morgan fingerprint density at radius 1 is 1.35 bits per heavy atom. The largest absolute Gasteiger partial charge is 0.489 e. The summed E-state index contributed by atoms with van der Waals surface area (Å²) >= 11 is 0. The molecule has 1 aliphatic heterocycles. The Bertz CT molecular complexity index is 990. The van der Waals surface area contributed by atoms with Crippen LogP contribution < -0.4 is 15.4 Å². The highest BCUT2D eigenvalue weighted by molar-refractivity contribution is 5.84. The van der Waals surface area contributed by atoms with Crippen LogP contribution in [0.2, 0.25) is 0 Å². The van der Waals surface area contributed by atoms with Crippen LogP contribution in [0.4, 0.5) is 10.5 Å². The Kier molecular flexibility index (Phi) is 4.04. The number of para-hydroxylation sites is 1. The lowest BCUT2D eigenvalue weighted by Crippen LogP contribution is -2.29. The van der Waals surface area contributed by atoms with Crippen LogP contribution in [0.3, 0.4) is 0 Å². The van der Waals surface area contributed by atoms with Gasteiger partial charge in [0.15, 0.2) is 5.75 Å². The summed E-state index contributed by atoms with van der Waals surface area (Å²) in [6.07, 6.45) is 0.877. The minimum Gasteiger partial charge on any atom is -0.489 e. The quantitative estimate of drug-likeness (QED) is 0.781. The van der Waals surface area contributed by atoms with Gasteiger partial charge in [-0.3, -0.25) is 4.98 Å². The topological polar surface area (TPSA) is 90.6 Å². The van der Waals surface area contributed by atoms with Gasteiger partial charge in [-0.15, -0.1) is 0 Å². The number of amides is 1. The molecule has 0 saturated carbocycles. The number of nitrogens with two attached hydrogens (primary N) is 1. The number of rotatable bonds is 3. The number of hydrogen-bond acceptors (Lipinski definition) is 6. The van der Waals surface area contributed by atoms with Crippen LogP contribution >= 0.6 is 0 Å². The van der Waals surface area contributed by atoms with Crippen molar-refractivity contribution in [2.24, 2.45) is 5.73 Å². The summed E-state index contributed by atoms with van der Waals surface area (Å²) < 4.78 is 10.7. The van der Waals surface area contributed by atoms with Crippen molar-refractivity contribution in [2.75, 3.05) is 25.1 Å². The van der Waals surface area contributed by atoms with Crippen molar-refractivity contribution in [3.63, 3.8) is 0 Å². The Balaban J connectivity index is 1.75. The van der Waals surface area contributed by atoms with Crippen molar-refractivity contribution in [2.45, 2.75) is 6.61 Å². The minimum absolute atomic E-state index is 0.0197. The number of fused-ring (bicyclic) bond motifs is 2. The molecule has 0 unspecified atom stereocenters. The highest BCUT2D eigenvalue weighted by atomic mass is 16.5. The molecule has 2 aromatic heterocycles. The first-order valence-electron chi connectivity index (χ1n) is 8.27. The zero-order valence-corrected chi connectivity index (χ0v) is 14.3. The van der Waals surface area contributed by atoms with Crippen LogP contribution in [-0.2, 0) is 11.3 Å². The van der Waals surface area contributed by atoms with Crippen LogP contribution in [0.5, 0.6) is 5.75 Å². The molecule has 3 aromatic rings. The number of hydrogen-bond donors (Lipinski definition) is 1. The standard InChI is InChI=1S/C19H18N4O3/c1-23-7-8-25-18-14(3-2-4-17(18)23)15-6-5-12-10-21-13(9-16(12)22-15)11-26-19(20)24/h2-6,9-10H,7-8,11H2,1H3,(H2,20,24). The van der Waals surface area contributed by atoms with Gasteiger partial charge < -0.3 is 20.1 Å². The monoisotopic (exact) mass is 350 g/mol. The lowest BCUT2D eigenvalue weighted by atomic mass is 10.1. The van der Waals surface area contributed by atoms with Crippen LogP contribution in [0.1, 0.15) is 5.69 Å². The molecular formula is C19H18N4O3. The zero-order valence-electron chi connectivity index (χ0n) is 14.3. The van der Waals surface area contributed by atoms with Gasteiger partial charge in [0, 0.05) is 24.2 Å². The number of ether oxygens (including phenoxy) is 2. The number of aromatic nitrogens is 2. The maximum absolute atomic E-state index is 10.8. The van der Waals surface area contributed by atoms with Gasteiger partial charge in [-0.25, -0.2) is 9.78 Å². The van der Waals surface area contributed by atoms with E-state index in [4.69, 9.17) is 20.2 Å². The second-order valence-corrected chi connectivity index (χ2v) is 6.10. The molecule has 0 radical (unpaired) electrons. The number of nitrogens with zero attached hydrogens (tertiary/aromatic N) is 3. The molecule has 1 aliphatic rings. The second kappa shape index (κ2) is 6.51. The van der Waals surface area contributed by atoms with Gasteiger partial charge in [0.05, 0.1) is 29.1 Å². The van der Waals surface area contributed by atoms with Gasteiger partial charge in [0.25, 0.3) is 0 Å².